The van der Waals surface area contributed by atoms with Crippen LogP contribution in [0.2, 0.25) is 0 Å². The number of urea groups is 1. The molecular formula is C15H22N2O2S. The van der Waals surface area contributed by atoms with E-state index in [0.29, 0.717) is 6.54 Å². The summed E-state index contributed by atoms with van der Waals surface area (Å²) in [6.45, 7) is 1.39. The zero-order valence-electron chi connectivity index (χ0n) is 11.9. The maximum atomic E-state index is 11.7. The molecule has 1 saturated heterocycles. The van der Waals surface area contributed by atoms with E-state index >= 15 is 0 Å². The minimum Gasteiger partial charge on any atom is -0.376 e. The molecule has 20 heavy (non-hydrogen) atoms. The highest BCUT2D eigenvalue weighted by Gasteiger charge is 2.15. The van der Waals surface area contributed by atoms with E-state index in [9.17, 15) is 4.79 Å². The van der Waals surface area contributed by atoms with E-state index < -0.39 is 0 Å². The average molecular weight is 294 g/mol. The van der Waals surface area contributed by atoms with Crippen LogP contribution in [0.15, 0.2) is 24.3 Å². The summed E-state index contributed by atoms with van der Waals surface area (Å²) in [6, 6.07) is 7.85. The normalized spacial score (nSPS) is 17.9. The van der Waals surface area contributed by atoms with E-state index in [-0.39, 0.29) is 12.1 Å². The lowest BCUT2D eigenvalue weighted by Gasteiger charge is -2.12. The summed E-state index contributed by atoms with van der Waals surface area (Å²) in [5.41, 5.74) is 2.12. The Morgan fingerprint density at radius 1 is 1.40 bits per heavy atom. The number of hydrogen-bond donors (Lipinski definition) is 2. The molecular weight excluding hydrogens is 272 g/mol. The minimum atomic E-state index is -0.169. The third-order valence-electron chi connectivity index (χ3n) is 3.32. The van der Waals surface area contributed by atoms with E-state index in [1.54, 1.807) is 0 Å². The van der Waals surface area contributed by atoms with Crippen LogP contribution in [-0.2, 0) is 11.2 Å². The van der Waals surface area contributed by atoms with Gasteiger partial charge in [0.2, 0.25) is 0 Å². The number of benzene rings is 1. The molecule has 1 atom stereocenters. The second-order valence-electron chi connectivity index (χ2n) is 4.91. The number of aryl methyl sites for hydroxylation is 1. The van der Waals surface area contributed by atoms with Crippen molar-refractivity contribution in [2.45, 2.75) is 25.4 Å². The van der Waals surface area contributed by atoms with Crippen molar-refractivity contribution in [3.63, 3.8) is 0 Å². The summed E-state index contributed by atoms with van der Waals surface area (Å²) in [7, 11) is 0. The van der Waals surface area contributed by atoms with Crippen LogP contribution in [0, 0.1) is 0 Å². The maximum Gasteiger partial charge on any atom is 0.319 e. The van der Waals surface area contributed by atoms with Gasteiger partial charge in [-0.2, -0.15) is 11.8 Å². The molecule has 1 aromatic carbocycles. The van der Waals surface area contributed by atoms with Gasteiger partial charge < -0.3 is 15.4 Å². The number of hydrogen-bond acceptors (Lipinski definition) is 3. The number of thioether (sulfide) groups is 1. The van der Waals surface area contributed by atoms with Crippen molar-refractivity contribution in [2.75, 3.05) is 30.5 Å². The Labute approximate surface area is 124 Å². The second-order valence-corrected chi connectivity index (χ2v) is 5.90. The Morgan fingerprint density at radius 2 is 2.20 bits per heavy atom. The predicted molar refractivity (Wildman–Crippen MR) is 84.5 cm³/mol. The van der Waals surface area contributed by atoms with E-state index in [1.807, 2.05) is 23.9 Å². The van der Waals surface area contributed by atoms with Gasteiger partial charge in [0, 0.05) is 18.8 Å². The molecule has 0 aromatic heterocycles. The fourth-order valence-corrected chi connectivity index (χ4v) is 2.60. The van der Waals surface area contributed by atoms with Gasteiger partial charge in [-0.05, 0) is 49.0 Å². The summed E-state index contributed by atoms with van der Waals surface area (Å²) in [6.07, 6.45) is 5.46. The Morgan fingerprint density at radius 3 is 2.85 bits per heavy atom. The monoisotopic (exact) mass is 294 g/mol. The van der Waals surface area contributed by atoms with E-state index in [0.717, 1.165) is 37.3 Å². The highest BCUT2D eigenvalue weighted by Crippen LogP contribution is 2.12. The van der Waals surface area contributed by atoms with E-state index in [1.165, 1.54) is 5.56 Å². The molecule has 0 saturated carbocycles. The minimum absolute atomic E-state index is 0.169. The summed E-state index contributed by atoms with van der Waals surface area (Å²) < 4.78 is 5.46. The lowest BCUT2D eigenvalue weighted by molar-refractivity contribution is 0.112. The van der Waals surface area contributed by atoms with Crippen LogP contribution in [0.1, 0.15) is 18.4 Å². The molecule has 1 heterocycles. The lowest BCUT2D eigenvalue weighted by Crippen LogP contribution is -2.35. The number of rotatable bonds is 6. The van der Waals surface area contributed by atoms with Crippen molar-refractivity contribution in [1.82, 2.24) is 5.32 Å². The molecule has 2 N–H and O–H groups in total. The highest BCUT2D eigenvalue weighted by atomic mass is 32.2. The molecule has 110 valence electrons. The molecule has 1 aliphatic heterocycles. The fraction of sp³-hybridized carbons (Fsp3) is 0.533. The van der Waals surface area contributed by atoms with E-state index in [4.69, 9.17) is 4.74 Å². The molecule has 2 rings (SSSR count). The number of amides is 2. The van der Waals surface area contributed by atoms with Crippen LogP contribution in [0.3, 0.4) is 0 Å². The third kappa shape index (κ3) is 5.06. The van der Waals surface area contributed by atoms with Gasteiger partial charge in [-0.15, -0.1) is 0 Å². The van der Waals surface area contributed by atoms with Gasteiger partial charge in [0.1, 0.15) is 0 Å². The molecule has 0 radical (unpaired) electrons. The Kier molecular flexibility index (Phi) is 6.21. The first-order valence-corrected chi connectivity index (χ1v) is 8.41. The molecule has 2 amide bonds. The van der Waals surface area contributed by atoms with Crippen LogP contribution in [-0.4, -0.2) is 37.3 Å². The van der Waals surface area contributed by atoms with Crippen LogP contribution < -0.4 is 10.6 Å². The quantitative estimate of drug-likeness (QED) is 0.848. The first kappa shape index (κ1) is 15.2. The maximum absolute atomic E-state index is 11.7. The number of carbonyl (C=O) groups is 1. The Balaban J connectivity index is 1.72. The summed E-state index contributed by atoms with van der Waals surface area (Å²) in [5, 5.41) is 5.68. The molecule has 5 heteroatoms. The molecule has 0 bridgehead atoms. The third-order valence-corrected chi connectivity index (χ3v) is 3.93. The van der Waals surface area contributed by atoms with Gasteiger partial charge in [0.05, 0.1) is 6.10 Å². The van der Waals surface area contributed by atoms with Gasteiger partial charge >= 0.3 is 6.03 Å². The first-order valence-electron chi connectivity index (χ1n) is 7.02. The molecule has 1 aliphatic rings. The van der Waals surface area contributed by atoms with Gasteiger partial charge in [0.15, 0.2) is 0 Å². The predicted octanol–water partition coefficient (Wildman–Crippen LogP) is 2.89. The summed E-state index contributed by atoms with van der Waals surface area (Å²) >= 11 is 1.84. The first-order chi connectivity index (χ1) is 9.78. The zero-order valence-corrected chi connectivity index (χ0v) is 12.7. The summed E-state index contributed by atoms with van der Waals surface area (Å²) in [5.74, 6) is 1.12. The van der Waals surface area contributed by atoms with Crippen LogP contribution in [0.4, 0.5) is 10.5 Å². The number of anilines is 1. The van der Waals surface area contributed by atoms with Crippen molar-refractivity contribution >= 4 is 23.5 Å². The van der Waals surface area contributed by atoms with Crippen molar-refractivity contribution < 1.29 is 9.53 Å². The smallest absolute Gasteiger partial charge is 0.319 e. The second kappa shape index (κ2) is 8.17. The number of nitrogens with one attached hydrogen (secondary N) is 2. The van der Waals surface area contributed by atoms with Gasteiger partial charge in [-0.25, -0.2) is 4.79 Å². The van der Waals surface area contributed by atoms with Gasteiger partial charge in [-0.1, -0.05) is 12.1 Å². The van der Waals surface area contributed by atoms with Crippen LogP contribution in [0.5, 0.6) is 0 Å². The molecule has 0 aliphatic carbocycles. The molecule has 1 aromatic rings. The average Bonchev–Trinajstić information content (AvgIpc) is 2.98. The van der Waals surface area contributed by atoms with Crippen molar-refractivity contribution in [2.24, 2.45) is 0 Å². The SMILES string of the molecule is CSCCc1ccc(NC(=O)NC[C@H]2CCCO2)cc1. The van der Waals surface area contributed by atoms with Crippen molar-refractivity contribution in [3.8, 4) is 0 Å². The fourth-order valence-electron chi connectivity index (χ4n) is 2.16. The van der Waals surface area contributed by atoms with Crippen LogP contribution in [0.25, 0.3) is 0 Å². The van der Waals surface area contributed by atoms with Crippen molar-refractivity contribution in [3.05, 3.63) is 29.8 Å². The van der Waals surface area contributed by atoms with Crippen molar-refractivity contribution in [1.29, 1.82) is 0 Å². The van der Waals surface area contributed by atoms with Gasteiger partial charge in [0.25, 0.3) is 0 Å². The molecule has 0 spiro atoms. The standard InChI is InChI=1S/C15H22N2O2S/c1-20-10-8-12-4-6-13(7-5-12)17-15(18)16-11-14-3-2-9-19-14/h4-7,14H,2-3,8-11H2,1H3,(H2,16,17,18)/t14-/m1/s1. The number of carbonyl (C=O) groups excluding carboxylic acids is 1. The molecule has 0 unspecified atom stereocenters. The zero-order chi connectivity index (χ0) is 14.2. The van der Waals surface area contributed by atoms with E-state index in [2.05, 4.69) is 29.0 Å². The van der Waals surface area contributed by atoms with Crippen LogP contribution >= 0.6 is 11.8 Å². The Hall–Kier alpha value is -1.20. The number of ether oxygens (including phenoxy) is 1. The molecule has 4 nitrogen and oxygen atoms in total. The largest absolute Gasteiger partial charge is 0.376 e. The highest BCUT2D eigenvalue weighted by molar-refractivity contribution is 7.98. The van der Waals surface area contributed by atoms with Gasteiger partial charge in [-0.3, -0.25) is 0 Å². The lowest BCUT2D eigenvalue weighted by atomic mass is 10.1. The Bertz CT molecular complexity index is 416. The molecule has 1 fully saturated rings. The summed E-state index contributed by atoms with van der Waals surface area (Å²) in [4.78, 5) is 11.7. The topological polar surface area (TPSA) is 50.4 Å².